The van der Waals surface area contributed by atoms with Gasteiger partial charge in [-0.3, -0.25) is 25.7 Å². The van der Waals surface area contributed by atoms with Gasteiger partial charge in [0, 0.05) is 22.2 Å². The topological polar surface area (TPSA) is 111 Å². The number of nitrogens with one attached hydrogen (secondary N) is 1. The van der Waals surface area contributed by atoms with Gasteiger partial charge in [0.15, 0.2) is 0 Å². The number of benzene rings is 4. The van der Waals surface area contributed by atoms with Crippen molar-refractivity contribution in [3.63, 3.8) is 0 Å². The molecule has 1 N–H and O–H groups in total. The van der Waals surface area contributed by atoms with Gasteiger partial charge >= 0.3 is 5.69 Å². The van der Waals surface area contributed by atoms with Crippen LogP contribution in [0.15, 0.2) is 96.1 Å². The fourth-order valence-electron chi connectivity index (χ4n) is 4.14. The van der Waals surface area contributed by atoms with Crippen LogP contribution < -0.4 is 5.43 Å². The van der Waals surface area contributed by atoms with Crippen molar-refractivity contribution in [2.75, 3.05) is 5.43 Å². The molecule has 0 fully saturated rings. The van der Waals surface area contributed by atoms with Crippen molar-refractivity contribution < 1.29 is 9.85 Å². The lowest BCUT2D eigenvalue weighted by Gasteiger charge is -2.24. The number of non-ortho nitro benzene ring substituents is 1. The monoisotopic (exact) mass is 496 g/mol. The zero-order valence-corrected chi connectivity index (χ0v) is 19.3. The molecule has 0 aromatic heterocycles. The van der Waals surface area contributed by atoms with Gasteiger partial charge in [0.2, 0.25) is 0 Å². The van der Waals surface area contributed by atoms with Crippen LogP contribution in [0.2, 0.25) is 5.02 Å². The summed E-state index contributed by atoms with van der Waals surface area (Å²) in [7, 11) is 0. The second-order valence-electron chi connectivity index (χ2n) is 7.99. The fraction of sp³-hybridized carbons (Fsp3) is 0. The standard InChI is InChI=1S/C27H17ClN4O4/c28-18-11-9-17(10-12-18)15-24-20-5-1-3-7-22(20)27(23-8-4-2-6-21(23)24)30-29-25-14-13-19(31(33)34)16-26(25)32(35)36/h1-16,29H. The van der Waals surface area contributed by atoms with Crippen LogP contribution in [-0.4, -0.2) is 15.6 Å². The average Bonchev–Trinajstić information content (AvgIpc) is 2.89. The summed E-state index contributed by atoms with van der Waals surface area (Å²) >= 11 is 6.06. The Morgan fingerprint density at radius 2 is 1.33 bits per heavy atom. The Balaban J connectivity index is 1.64. The maximum Gasteiger partial charge on any atom is 0.301 e. The molecular weight excluding hydrogens is 480 g/mol. The number of nitro benzene ring substituents is 2. The van der Waals surface area contributed by atoms with Crippen LogP contribution in [0.25, 0.3) is 11.6 Å². The summed E-state index contributed by atoms with van der Waals surface area (Å²) in [5.41, 5.74) is 8.19. The molecule has 0 amide bonds. The second-order valence-corrected chi connectivity index (χ2v) is 8.43. The Kier molecular flexibility index (Phi) is 6.02. The number of nitro groups is 2. The number of hydrogen-bond acceptors (Lipinski definition) is 6. The van der Waals surface area contributed by atoms with E-state index in [1.807, 2.05) is 72.8 Å². The minimum Gasteiger partial charge on any atom is -0.271 e. The number of rotatable bonds is 5. The minimum atomic E-state index is -0.676. The molecule has 0 unspecified atom stereocenters. The van der Waals surface area contributed by atoms with E-state index >= 15 is 0 Å². The molecule has 0 saturated heterocycles. The van der Waals surface area contributed by atoms with Gasteiger partial charge < -0.3 is 0 Å². The van der Waals surface area contributed by atoms with Gasteiger partial charge in [-0.25, -0.2) is 0 Å². The maximum absolute atomic E-state index is 11.6. The number of halogens is 1. The average molecular weight is 497 g/mol. The van der Waals surface area contributed by atoms with Crippen LogP contribution >= 0.6 is 11.6 Å². The van der Waals surface area contributed by atoms with Crippen molar-refractivity contribution in [1.82, 2.24) is 0 Å². The zero-order chi connectivity index (χ0) is 25.2. The molecule has 4 aromatic rings. The van der Waals surface area contributed by atoms with Crippen molar-refractivity contribution in [3.8, 4) is 0 Å². The normalized spacial score (nSPS) is 11.8. The predicted octanol–water partition coefficient (Wildman–Crippen LogP) is 6.92. The molecule has 8 nitrogen and oxygen atoms in total. The molecule has 0 bridgehead atoms. The van der Waals surface area contributed by atoms with E-state index in [1.54, 1.807) is 0 Å². The minimum absolute atomic E-state index is 0.0514. The smallest absolute Gasteiger partial charge is 0.271 e. The molecule has 9 heteroatoms. The first kappa shape index (κ1) is 22.9. The Morgan fingerprint density at radius 3 is 1.89 bits per heavy atom. The van der Waals surface area contributed by atoms with E-state index in [-0.39, 0.29) is 11.4 Å². The lowest BCUT2D eigenvalue weighted by molar-refractivity contribution is -0.393. The van der Waals surface area contributed by atoms with E-state index < -0.39 is 15.5 Å². The van der Waals surface area contributed by atoms with Crippen molar-refractivity contribution >= 4 is 46.0 Å². The molecular formula is C27H17ClN4O4. The highest BCUT2D eigenvalue weighted by atomic mass is 35.5. The van der Waals surface area contributed by atoms with E-state index in [2.05, 4.69) is 16.6 Å². The number of hydrazone groups is 1. The second kappa shape index (κ2) is 9.44. The van der Waals surface area contributed by atoms with Crippen LogP contribution in [0, 0.1) is 20.2 Å². The third-order valence-corrected chi connectivity index (χ3v) is 6.05. The Morgan fingerprint density at radius 1 is 0.750 bits per heavy atom. The van der Waals surface area contributed by atoms with Gasteiger partial charge in [-0.2, -0.15) is 5.10 Å². The van der Waals surface area contributed by atoms with E-state index in [1.165, 1.54) is 12.1 Å². The molecule has 0 spiro atoms. The van der Waals surface area contributed by atoms with E-state index in [4.69, 9.17) is 11.6 Å². The molecule has 0 atom stereocenters. The van der Waals surface area contributed by atoms with Gasteiger partial charge in [0.25, 0.3) is 5.69 Å². The first-order chi connectivity index (χ1) is 17.4. The Bertz CT molecular complexity index is 1530. The van der Waals surface area contributed by atoms with Gasteiger partial charge in [0.1, 0.15) is 5.69 Å². The quantitative estimate of drug-likeness (QED) is 0.209. The lowest BCUT2D eigenvalue weighted by atomic mass is 9.80. The summed E-state index contributed by atoms with van der Waals surface area (Å²) in [6, 6.07) is 26.5. The third-order valence-electron chi connectivity index (χ3n) is 5.80. The summed E-state index contributed by atoms with van der Waals surface area (Å²) in [5, 5.41) is 27.8. The molecule has 0 radical (unpaired) electrons. The molecule has 0 aliphatic heterocycles. The van der Waals surface area contributed by atoms with Crippen LogP contribution in [0.4, 0.5) is 17.1 Å². The Labute approximate surface area is 210 Å². The maximum atomic E-state index is 11.6. The van der Waals surface area contributed by atoms with Crippen molar-refractivity contribution in [2.24, 2.45) is 5.10 Å². The predicted molar refractivity (Wildman–Crippen MR) is 140 cm³/mol. The molecule has 1 aliphatic carbocycles. The molecule has 4 aromatic carbocycles. The van der Waals surface area contributed by atoms with Crippen LogP contribution in [0.3, 0.4) is 0 Å². The number of anilines is 1. The van der Waals surface area contributed by atoms with Gasteiger partial charge in [0.05, 0.1) is 21.6 Å². The SMILES string of the molecule is O=[N+]([O-])c1ccc(NN=C2c3ccccc3C(=Cc3ccc(Cl)cc3)c3ccccc32)c([N+](=O)[O-])c1. The van der Waals surface area contributed by atoms with Crippen LogP contribution in [0.1, 0.15) is 27.8 Å². The molecule has 36 heavy (non-hydrogen) atoms. The number of nitrogens with zero attached hydrogens (tertiary/aromatic N) is 3. The number of hydrogen-bond donors (Lipinski definition) is 1. The fourth-order valence-corrected chi connectivity index (χ4v) is 4.26. The largest absolute Gasteiger partial charge is 0.301 e. The van der Waals surface area contributed by atoms with E-state index in [9.17, 15) is 20.2 Å². The van der Waals surface area contributed by atoms with Crippen molar-refractivity contribution in [2.45, 2.75) is 0 Å². The summed E-state index contributed by atoms with van der Waals surface area (Å²) in [5.74, 6) is 0. The van der Waals surface area contributed by atoms with Crippen molar-refractivity contribution in [3.05, 3.63) is 144 Å². The Hall–Kier alpha value is -4.82. The summed E-state index contributed by atoms with van der Waals surface area (Å²) in [6.07, 6.45) is 2.08. The first-order valence-corrected chi connectivity index (χ1v) is 11.2. The molecule has 176 valence electrons. The molecule has 5 rings (SSSR count). The van der Waals surface area contributed by atoms with E-state index in [0.717, 1.165) is 39.5 Å². The zero-order valence-electron chi connectivity index (χ0n) is 18.6. The van der Waals surface area contributed by atoms with Gasteiger partial charge in [-0.05, 0) is 46.5 Å². The summed E-state index contributed by atoms with van der Waals surface area (Å²) in [6.45, 7) is 0. The van der Waals surface area contributed by atoms with E-state index in [0.29, 0.717) is 10.7 Å². The number of fused-ring (bicyclic) bond motifs is 2. The van der Waals surface area contributed by atoms with Crippen LogP contribution in [-0.2, 0) is 0 Å². The highest BCUT2D eigenvalue weighted by Gasteiger charge is 2.26. The lowest BCUT2D eigenvalue weighted by Crippen LogP contribution is -2.17. The molecule has 0 heterocycles. The first-order valence-electron chi connectivity index (χ1n) is 10.9. The molecule has 1 aliphatic rings. The summed E-state index contributed by atoms with van der Waals surface area (Å²) in [4.78, 5) is 21.3. The van der Waals surface area contributed by atoms with Crippen LogP contribution in [0.5, 0.6) is 0 Å². The van der Waals surface area contributed by atoms with Gasteiger partial charge in [-0.15, -0.1) is 0 Å². The highest BCUT2D eigenvalue weighted by molar-refractivity contribution is 6.30. The highest BCUT2D eigenvalue weighted by Crippen LogP contribution is 2.38. The molecule has 0 saturated carbocycles. The third kappa shape index (κ3) is 4.33. The summed E-state index contributed by atoms with van der Waals surface area (Å²) < 4.78 is 0. The van der Waals surface area contributed by atoms with Crippen molar-refractivity contribution in [1.29, 1.82) is 0 Å². The van der Waals surface area contributed by atoms with Gasteiger partial charge in [-0.1, -0.05) is 72.3 Å².